The Kier molecular flexibility index (Phi) is 6.14. The molecule has 0 unspecified atom stereocenters. The molecule has 1 saturated heterocycles. The van der Waals surface area contributed by atoms with Crippen LogP contribution in [-0.2, 0) is 11.3 Å². The molecule has 128 valence electrons. The molecular formula is C17H19Cl2N3OS. The number of piperazine rings is 1. The molecule has 24 heavy (non-hydrogen) atoms. The van der Waals surface area contributed by atoms with Crippen LogP contribution in [0.3, 0.4) is 0 Å². The zero-order valence-corrected chi connectivity index (χ0v) is 15.5. The Morgan fingerprint density at radius 3 is 2.50 bits per heavy atom. The second kappa shape index (κ2) is 8.32. The van der Waals surface area contributed by atoms with Gasteiger partial charge in [0.05, 0.1) is 10.9 Å². The molecule has 1 aromatic heterocycles. The predicted octanol–water partition coefficient (Wildman–Crippen LogP) is 3.81. The summed E-state index contributed by atoms with van der Waals surface area (Å²) in [6, 6.07) is 11.2. The minimum absolute atomic E-state index is 0.00393. The van der Waals surface area contributed by atoms with Crippen molar-refractivity contribution in [3.63, 3.8) is 0 Å². The van der Waals surface area contributed by atoms with Gasteiger partial charge in [0.15, 0.2) is 0 Å². The number of carbonyl (C=O) groups is 1. The third-order valence-electron chi connectivity index (χ3n) is 3.95. The van der Waals surface area contributed by atoms with Crippen molar-refractivity contribution in [2.75, 3.05) is 38.0 Å². The molecule has 7 heteroatoms. The Bertz CT molecular complexity index is 699. The maximum absolute atomic E-state index is 12.1. The number of hydrogen-bond donors (Lipinski definition) is 1. The van der Waals surface area contributed by atoms with E-state index in [-0.39, 0.29) is 5.91 Å². The van der Waals surface area contributed by atoms with Gasteiger partial charge in [-0.3, -0.25) is 14.6 Å². The van der Waals surface area contributed by atoms with E-state index in [4.69, 9.17) is 23.2 Å². The number of hydrogen-bond acceptors (Lipinski definition) is 4. The highest BCUT2D eigenvalue weighted by Gasteiger charge is 2.19. The summed E-state index contributed by atoms with van der Waals surface area (Å²) >= 11 is 13.5. The molecule has 0 radical (unpaired) electrons. The van der Waals surface area contributed by atoms with Crippen molar-refractivity contribution in [3.05, 3.63) is 50.6 Å². The SMILES string of the molecule is O=C(CN1CCN(Cc2ccc(Cl)s2)CC1)Nc1cccc(Cl)c1. The van der Waals surface area contributed by atoms with Crippen LogP contribution < -0.4 is 5.32 Å². The number of carbonyl (C=O) groups excluding carboxylic acids is 1. The van der Waals surface area contributed by atoms with Gasteiger partial charge in [-0.1, -0.05) is 29.3 Å². The molecule has 1 N–H and O–H groups in total. The number of nitrogens with one attached hydrogen (secondary N) is 1. The fourth-order valence-electron chi connectivity index (χ4n) is 2.73. The lowest BCUT2D eigenvalue weighted by Crippen LogP contribution is -2.48. The van der Waals surface area contributed by atoms with Crippen LogP contribution in [0.2, 0.25) is 9.36 Å². The molecule has 0 bridgehead atoms. The summed E-state index contributed by atoms with van der Waals surface area (Å²) in [7, 11) is 0. The summed E-state index contributed by atoms with van der Waals surface area (Å²) in [5, 5.41) is 3.51. The fourth-order valence-corrected chi connectivity index (χ4v) is 4.05. The highest BCUT2D eigenvalue weighted by Crippen LogP contribution is 2.23. The molecule has 0 spiro atoms. The van der Waals surface area contributed by atoms with Gasteiger partial charge in [0.1, 0.15) is 0 Å². The fraction of sp³-hybridized carbons (Fsp3) is 0.353. The molecule has 4 nitrogen and oxygen atoms in total. The van der Waals surface area contributed by atoms with E-state index in [2.05, 4.69) is 21.2 Å². The number of thiophene rings is 1. The van der Waals surface area contributed by atoms with Gasteiger partial charge in [-0.25, -0.2) is 0 Å². The van der Waals surface area contributed by atoms with Crippen molar-refractivity contribution in [2.45, 2.75) is 6.54 Å². The third kappa shape index (κ3) is 5.19. The van der Waals surface area contributed by atoms with Crippen LogP contribution in [0.15, 0.2) is 36.4 Å². The molecule has 0 saturated carbocycles. The smallest absolute Gasteiger partial charge is 0.238 e. The predicted molar refractivity (Wildman–Crippen MR) is 101 cm³/mol. The lowest BCUT2D eigenvalue weighted by molar-refractivity contribution is -0.117. The molecule has 1 amide bonds. The second-order valence-corrected chi connectivity index (χ2v) is 8.05. The molecule has 0 atom stereocenters. The van der Waals surface area contributed by atoms with E-state index in [0.29, 0.717) is 11.6 Å². The summed E-state index contributed by atoms with van der Waals surface area (Å²) in [5.74, 6) is -0.00393. The molecule has 0 aliphatic carbocycles. The van der Waals surface area contributed by atoms with Crippen molar-refractivity contribution in [3.8, 4) is 0 Å². The number of benzene rings is 1. The largest absolute Gasteiger partial charge is 0.325 e. The molecule has 1 aliphatic heterocycles. The zero-order valence-electron chi connectivity index (χ0n) is 13.2. The number of nitrogens with zero attached hydrogens (tertiary/aromatic N) is 2. The minimum atomic E-state index is -0.00393. The van der Waals surface area contributed by atoms with E-state index in [1.54, 1.807) is 23.5 Å². The van der Waals surface area contributed by atoms with Gasteiger partial charge in [-0.15, -0.1) is 11.3 Å². The van der Waals surface area contributed by atoms with Gasteiger partial charge >= 0.3 is 0 Å². The summed E-state index contributed by atoms with van der Waals surface area (Å²) in [6.07, 6.45) is 0. The second-order valence-electron chi connectivity index (χ2n) is 5.82. The van der Waals surface area contributed by atoms with Gasteiger partial charge in [0, 0.05) is 48.3 Å². The van der Waals surface area contributed by atoms with Crippen molar-refractivity contribution in [2.24, 2.45) is 0 Å². The maximum Gasteiger partial charge on any atom is 0.238 e. The lowest BCUT2D eigenvalue weighted by Gasteiger charge is -2.34. The summed E-state index contributed by atoms with van der Waals surface area (Å²) in [4.78, 5) is 18.0. The van der Waals surface area contributed by atoms with Crippen LogP contribution in [0.4, 0.5) is 5.69 Å². The van der Waals surface area contributed by atoms with E-state index >= 15 is 0 Å². The molecule has 1 fully saturated rings. The lowest BCUT2D eigenvalue weighted by atomic mass is 10.3. The molecule has 1 aromatic carbocycles. The van der Waals surface area contributed by atoms with E-state index in [1.165, 1.54) is 4.88 Å². The van der Waals surface area contributed by atoms with Gasteiger partial charge in [-0.05, 0) is 30.3 Å². The van der Waals surface area contributed by atoms with Crippen molar-refractivity contribution < 1.29 is 4.79 Å². The van der Waals surface area contributed by atoms with Gasteiger partial charge in [-0.2, -0.15) is 0 Å². The minimum Gasteiger partial charge on any atom is -0.325 e. The topological polar surface area (TPSA) is 35.6 Å². The molecule has 2 aromatic rings. The first kappa shape index (κ1) is 17.7. The average Bonchev–Trinajstić information content (AvgIpc) is 2.94. The molecule has 1 aliphatic rings. The van der Waals surface area contributed by atoms with E-state index in [9.17, 15) is 4.79 Å². The van der Waals surface area contributed by atoms with E-state index in [1.807, 2.05) is 18.2 Å². The molecule has 3 rings (SSSR count). The number of halogens is 2. The number of rotatable bonds is 5. The molecular weight excluding hydrogens is 365 g/mol. The van der Waals surface area contributed by atoms with E-state index in [0.717, 1.165) is 42.7 Å². The quantitative estimate of drug-likeness (QED) is 0.852. The molecule has 2 heterocycles. The first-order valence-corrected chi connectivity index (χ1v) is 9.40. The van der Waals surface area contributed by atoms with Crippen molar-refractivity contribution in [1.29, 1.82) is 0 Å². The van der Waals surface area contributed by atoms with Crippen LogP contribution in [0.5, 0.6) is 0 Å². The Balaban J connectivity index is 1.42. The summed E-state index contributed by atoms with van der Waals surface area (Å²) < 4.78 is 0.835. The first-order valence-electron chi connectivity index (χ1n) is 7.83. The van der Waals surface area contributed by atoms with Gasteiger partial charge in [0.25, 0.3) is 0 Å². The van der Waals surface area contributed by atoms with Crippen LogP contribution >= 0.6 is 34.5 Å². The average molecular weight is 384 g/mol. The standard InChI is InChI=1S/C17H19Cl2N3OS/c18-13-2-1-3-14(10-13)20-17(23)12-22-8-6-21(7-9-22)11-15-4-5-16(19)24-15/h1-5,10H,6-9,11-12H2,(H,20,23). The first-order chi connectivity index (χ1) is 11.6. The Hall–Kier alpha value is -1.11. The van der Waals surface area contributed by atoms with Crippen LogP contribution in [0, 0.1) is 0 Å². The Labute approximate surface area is 156 Å². The van der Waals surface area contributed by atoms with Gasteiger partial charge < -0.3 is 5.32 Å². The van der Waals surface area contributed by atoms with Crippen molar-refractivity contribution in [1.82, 2.24) is 9.80 Å². The van der Waals surface area contributed by atoms with Crippen molar-refractivity contribution >= 4 is 46.1 Å². The number of anilines is 1. The van der Waals surface area contributed by atoms with Crippen LogP contribution in [-0.4, -0.2) is 48.4 Å². The highest BCUT2D eigenvalue weighted by molar-refractivity contribution is 7.16. The third-order valence-corrected chi connectivity index (χ3v) is 5.40. The monoisotopic (exact) mass is 383 g/mol. The summed E-state index contributed by atoms with van der Waals surface area (Å²) in [6.45, 7) is 5.04. The Morgan fingerprint density at radius 1 is 1.08 bits per heavy atom. The maximum atomic E-state index is 12.1. The number of amides is 1. The van der Waals surface area contributed by atoms with Crippen LogP contribution in [0.1, 0.15) is 4.88 Å². The summed E-state index contributed by atoms with van der Waals surface area (Å²) in [5.41, 5.74) is 0.737. The normalized spacial score (nSPS) is 16.2. The Morgan fingerprint density at radius 2 is 1.83 bits per heavy atom. The van der Waals surface area contributed by atoms with Crippen LogP contribution in [0.25, 0.3) is 0 Å². The zero-order chi connectivity index (χ0) is 16.9. The van der Waals surface area contributed by atoms with Gasteiger partial charge in [0.2, 0.25) is 5.91 Å². The van der Waals surface area contributed by atoms with E-state index < -0.39 is 0 Å². The highest BCUT2D eigenvalue weighted by atomic mass is 35.5.